The van der Waals surface area contributed by atoms with Crippen molar-refractivity contribution in [1.82, 2.24) is 14.5 Å². The summed E-state index contributed by atoms with van der Waals surface area (Å²) >= 11 is 9.15. The van der Waals surface area contributed by atoms with Crippen LogP contribution in [-0.2, 0) is 12.4 Å². The molecule has 2 rings (SSSR count). The van der Waals surface area contributed by atoms with E-state index in [1.165, 1.54) is 6.07 Å². The zero-order valence-corrected chi connectivity index (χ0v) is 14.0. The second-order valence-electron chi connectivity index (χ2n) is 4.60. The first kappa shape index (κ1) is 15.7. The lowest BCUT2D eigenvalue weighted by Gasteiger charge is -2.19. The minimum absolute atomic E-state index is 0.275. The van der Waals surface area contributed by atoms with Crippen LogP contribution in [0.2, 0.25) is 0 Å². The van der Waals surface area contributed by atoms with Crippen LogP contribution in [0.25, 0.3) is 11.0 Å². The van der Waals surface area contributed by atoms with Crippen molar-refractivity contribution in [2.45, 2.75) is 26.3 Å². The van der Waals surface area contributed by atoms with Crippen LogP contribution < -0.4 is 0 Å². The summed E-state index contributed by atoms with van der Waals surface area (Å²) in [6.07, 6.45) is 0. The smallest absolute Gasteiger partial charge is 0.139 e. The highest BCUT2D eigenvalue weighted by Gasteiger charge is 2.13. The Labute approximate surface area is 131 Å². The molecule has 1 aromatic carbocycles. The Morgan fingerprint density at radius 3 is 2.65 bits per heavy atom. The number of fused-ring (bicyclic) bond motifs is 1. The van der Waals surface area contributed by atoms with E-state index in [0.29, 0.717) is 10.4 Å². The number of hydrogen-bond acceptors (Lipinski definition) is 2. The summed E-state index contributed by atoms with van der Waals surface area (Å²) in [5.41, 5.74) is 1.57. The summed E-state index contributed by atoms with van der Waals surface area (Å²) in [5, 5.41) is 0. The van der Waals surface area contributed by atoms with Gasteiger partial charge in [0.05, 0.1) is 21.4 Å². The van der Waals surface area contributed by atoms with Crippen molar-refractivity contribution in [2.75, 3.05) is 19.6 Å². The Kier molecular flexibility index (Phi) is 5.41. The molecule has 0 atom stereocenters. The third-order valence-corrected chi connectivity index (χ3v) is 4.37. The number of halogens is 3. The zero-order chi connectivity index (χ0) is 14.7. The fraction of sp³-hybridized carbons (Fsp3) is 0.500. The van der Waals surface area contributed by atoms with E-state index in [1.54, 1.807) is 6.07 Å². The molecule has 0 amide bonds. The lowest BCUT2D eigenvalue weighted by Crippen LogP contribution is -2.27. The van der Waals surface area contributed by atoms with Gasteiger partial charge >= 0.3 is 0 Å². The molecule has 0 saturated carbocycles. The van der Waals surface area contributed by atoms with Gasteiger partial charge in [0.1, 0.15) is 11.6 Å². The molecule has 110 valence electrons. The maximum Gasteiger partial charge on any atom is 0.139 e. The molecule has 0 fully saturated rings. The van der Waals surface area contributed by atoms with Gasteiger partial charge in [-0.2, -0.15) is 0 Å². The van der Waals surface area contributed by atoms with Gasteiger partial charge in [-0.05, 0) is 35.1 Å². The number of imidazole rings is 1. The Morgan fingerprint density at radius 2 is 2.05 bits per heavy atom. The number of nitrogens with zero attached hydrogens (tertiary/aromatic N) is 3. The second-order valence-corrected chi connectivity index (χ2v) is 5.72. The van der Waals surface area contributed by atoms with Crippen molar-refractivity contribution in [3.05, 3.63) is 28.2 Å². The minimum atomic E-state index is -0.275. The van der Waals surface area contributed by atoms with Crippen molar-refractivity contribution in [2.24, 2.45) is 0 Å². The fourth-order valence-electron chi connectivity index (χ4n) is 2.30. The molecule has 0 spiro atoms. The van der Waals surface area contributed by atoms with Gasteiger partial charge < -0.3 is 9.47 Å². The zero-order valence-electron chi connectivity index (χ0n) is 11.7. The van der Waals surface area contributed by atoms with Gasteiger partial charge in [-0.25, -0.2) is 9.37 Å². The first-order chi connectivity index (χ1) is 9.60. The summed E-state index contributed by atoms with van der Waals surface area (Å²) in [6.45, 7) is 7.93. The van der Waals surface area contributed by atoms with Gasteiger partial charge in [-0.3, -0.25) is 0 Å². The van der Waals surface area contributed by atoms with Crippen molar-refractivity contribution in [1.29, 1.82) is 0 Å². The van der Waals surface area contributed by atoms with E-state index in [4.69, 9.17) is 11.6 Å². The largest absolute Gasteiger partial charge is 0.326 e. The Morgan fingerprint density at radius 1 is 1.35 bits per heavy atom. The summed E-state index contributed by atoms with van der Waals surface area (Å²) in [4.78, 5) is 6.80. The molecule has 1 aromatic heterocycles. The lowest BCUT2D eigenvalue weighted by molar-refractivity contribution is 0.291. The van der Waals surface area contributed by atoms with Crippen LogP contribution in [-0.4, -0.2) is 34.1 Å². The first-order valence-corrected chi connectivity index (χ1v) is 8.05. The molecule has 0 N–H and O–H groups in total. The van der Waals surface area contributed by atoms with Crippen LogP contribution in [0.4, 0.5) is 4.39 Å². The fourth-order valence-corrected chi connectivity index (χ4v) is 2.84. The lowest BCUT2D eigenvalue weighted by atomic mass is 10.3. The molecule has 0 aliphatic carbocycles. The topological polar surface area (TPSA) is 21.1 Å². The molecule has 1 heterocycles. The number of rotatable bonds is 6. The van der Waals surface area contributed by atoms with E-state index in [1.807, 2.05) is 4.57 Å². The number of likely N-dealkylation sites (N-methyl/N-ethyl adjacent to an activating group) is 1. The van der Waals surface area contributed by atoms with Gasteiger partial charge in [0.25, 0.3) is 0 Å². The Bertz CT molecular complexity index is 596. The summed E-state index contributed by atoms with van der Waals surface area (Å²) in [7, 11) is 0. The van der Waals surface area contributed by atoms with E-state index >= 15 is 0 Å². The Hall–Kier alpha value is -0.650. The highest BCUT2D eigenvalue weighted by molar-refractivity contribution is 9.10. The van der Waals surface area contributed by atoms with Crippen LogP contribution in [0, 0.1) is 5.82 Å². The highest BCUT2D eigenvalue weighted by atomic mass is 79.9. The highest BCUT2D eigenvalue weighted by Crippen LogP contribution is 2.24. The predicted octanol–water partition coefficient (Wildman–Crippen LogP) is 4.02. The quantitative estimate of drug-likeness (QED) is 0.724. The molecule has 0 bridgehead atoms. The number of aromatic nitrogens is 2. The van der Waals surface area contributed by atoms with Crippen LogP contribution in [0.3, 0.4) is 0 Å². The molecule has 0 aliphatic heterocycles. The van der Waals surface area contributed by atoms with Crippen LogP contribution in [0.15, 0.2) is 16.6 Å². The van der Waals surface area contributed by atoms with Gasteiger partial charge in [0.15, 0.2) is 0 Å². The number of hydrogen-bond donors (Lipinski definition) is 0. The molecule has 0 aliphatic rings. The van der Waals surface area contributed by atoms with Gasteiger partial charge in [-0.1, -0.05) is 13.8 Å². The predicted molar refractivity (Wildman–Crippen MR) is 84.7 cm³/mol. The monoisotopic (exact) mass is 361 g/mol. The molecule has 0 radical (unpaired) electrons. The first-order valence-electron chi connectivity index (χ1n) is 6.73. The third kappa shape index (κ3) is 3.15. The standard InChI is InChI=1S/C14H18BrClFN3/c1-3-19(4-2)5-6-20-13-8-11(17)10(15)7-12(13)18-14(20)9-16/h7-8H,3-6,9H2,1-2H3. The summed E-state index contributed by atoms with van der Waals surface area (Å²) in [5.74, 6) is 0.834. The minimum Gasteiger partial charge on any atom is -0.326 e. The van der Waals surface area contributed by atoms with E-state index in [-0.39, 0.29) is 5.82 Å². The van der Waals surface area contributed by atoms with Crippen LogP contribution >= 0.6 is 27.5 Å². The normalized spacial score (nSPS) is 11.7. The molecule has 3 nitrogen and oxygen atoms in total. The Balaban J connectivity index is 2.37. The molecule has 20 heavy (non-hydrogen) atoms. The SMILES string of the molecule is CCN(CC)CCn1c(CCl)nc2cc(Br)c(F)cc21. The molecule has 0 unspecified atom stereocenters. The maximum atomic E-state index is 13.7. The van der Waals surface area contributed by atoms with Gasteiger partial charge in [0.2, 0.25) is 0 Å². The third-order valence-electron chi connectivity index (χ3n) is 3.52. The van der Waals surface area contributed by atoms with Crippen LogP contribution in [0.1, 0.15) is 19.7 Å². The van der Waals surface area contributed by atoms with Crippen molar-refractivity contribution < 1.29 is 4.39 Å². The van der Waals surface area contributed by atoms with E-state index in [9.17, 15) is 4.39 Å². The number of alkyl halides is 1. The van der Waals surface area contributed by atoms with Gasteiger partial charge in [-0.15, -0.1) is 11.6 Å². The van der Waals surface area contributed by atoms with Gasteiger partial charge in [0, 0.05) is 19.2 Å². The van der Waals surface area contributed by atoms with Crippen molar-refractivity contribution >= 4 is 38.6 Å². The second kappa shape index (κ2) is 6.87. The van der Waals surface area contributed by atoms with E-state index in [2.05, 4.69) is 39.7 Å². The summed E-state index contributed by atoms with van der Waals surface area (Å²) in [6, 6.07) is 3.22. The molecule has 2 aromatic rings. The molecule has 0 saturated heterocycles. The molecular formula is C14H18BrClFN3. The van der Waals surface area contributed by atoms with Crippen molar-refractivity contribution in [3.8, 4) is 0 Å². The van der Waals surface area contributed by atoms with E-state index in [0.717, 1.165) is 43.0 Å². The maximum absolute atomic E-state index is 13.7. The van der Waals surface area contributed by atoms with Crippen LogP contribution in [0.5, 0.6) is 0 Å². The summed E-state index contributed by atoms with van der Waals surface area (Å²) < 4.78 is 16.2. The molecular weight excluding hydrogens is 345 g/mol. The average molecular weight is 363 g/mol. The van der Waals surface area contributed by atoms with Crippen molar-refractivity contribution in [3.63, 3.8) is 0 Å². The molecule has 6 heteroatoms. The van der Waals surface area contributed by atoms with E-state index < -0.39 is 0 Å². The average Bonchev–Trinajstić information content (AvgIpc) is 2.78. The number of benzene rings is 1.